The van der Waals surface area contributed by atoms with Crippen molar-refractivity contribution >= 4 is 5.97 Å². The Kier molecular flexibility index (Phi) is 4.01. The first-order valence-corrected chi connectivity index (χ1v) is 6.46. The number of likely N-dealkylation sites (tertiary alicyclic amines) is 1. The number of nitrogens with one attached hydrogen (secondary N) is 2. The second kappa shape index (κ2) is 5.33. The average molecular weight is 241 g/mol. The van der Waals surface area contributed by atoms with Crippen molar-refractivity contribution in [1.82, 2.24) is 15.5 Å². The number of carboxylic acids is 1. The first-order chi connectivity index (χ1) is 8.10. The monoisotopic (exact) mass is 241 g/mol. The van der Waals surface area contributed by atoms with Gasteiger partial charge in [-0.3, -0.25) is 4.79 Å². The van der Waals surface area contributed by atoms with E-state index >= 15 is 0 Å². The Balaban J connectivity index is 1.74. The molecule has 0 amide bonds. The van der Waals surface area contributed by atoms with E-state index in [1.54, 1.807) is 0 Å². The van der Waals surface area contributed by atoms with Crippen LogP contribution in [-0.4, -0.2) is 61.3 Å². The molecular weight excluding hydrogens is 218 g/mol. The molecule has 0 unspecified atom stereocenters. The molecule has 0 aromatic carbocycles. The maximum absolute atomic E-state index is 10.8. The summed E-state index contributed by atoms with van der Waals surface area (Å²) in [6.07, 6.45) is 2.67. The Labute approximate surface area is 103 Å². The summed E-state index contributed by atoms with van der Waals surface area (Å²) in [5, 5.41) is 15.6. The highest BCUT2D eigenvalue weighted by Gasteiger charge is 2.39. The summed E-state index contributed by atoms with van der Waals surface area (Å²) in [7, 11) is 2.16. The fraction of sp³-hybridized carbons (Fsp3) is 0.917. The van der Waals surface area contributed by atoms with Crippen LogP contribution in [0, 0.1) is 5.92 Å². The molecule has 0 radical (unpaired) electrons. The number of rotatable bonds is 5. The molecule has 0 saturated carbocycles. The van der Waals surface area contributed by atoms with Crippen LogP contribution < -0.4 is 10.6 Å². The third-order valence-corrected chi connectivity index (χ3v) is 4.02. The zero-order valence-corrected chi connectivity index (χ0v) is 10.5. The first-order valence-electron chi connectivity index (χ1n) is 6.46. The van der Waals surface area contributed by atoms with Crippen LogP contribution in [-0.2, 0) is 4.79 Å². The summed E-state index contributed by atoms with van der Waals surface area (Å²) < 4.78 is 0. The molecule has 0 spiro atoms. The van der Waals surface area contributed by atoms with E-state index in [0.717, 1.165) is 32.7 Å². The Bertz CT molecular complexity index is 271. The fourth-order valence-corrected chi connectivity index (χ4v) is 2.66. The topological polar surface area (TPSA) is 64.6 Å². The van der Waals surface area contributed by atoms with Crippen LogP contribution in [0.5, 0.6) is 0 Å². The lowest BCUT2D eigenvalue weighted by Gasteiger charge is -2.44. The predicted molar refractivity (Wildman–Crippen MR) is 66.1 cm³/mol. The second-order valence-electron chi connectivity index (χ2n) is 5.58. The molecule has 2 aliphatic heterocycles. The van der Waals surface area contributed by atoms with Gasteiger partial charge in [0.2, 0.25) is 0 Å². The molecule has 0 bridgehead atoms. The number of nitrogens with zero attached hydrogens (tertiary/aromatic N) is 1. The Morgan fingerprint density at radius 1 is 1.47 bits per heavy atom. The van der Waals surface area contributed by atoms with E-state index in [1.165, 1.54) is 12.8 Å². The highest BCUT2D eigenvalue weighted by molar-refractivity contribution is 5.68. The van der Waals surface area contributed by atoms with Crippen LogP contribution in [0.1, 0.15) is 19.3 Å². The molecular formula is C12H23N3O2. The molecule has 2 heterocycles. The summed E-state index contributed by atoms with van der Waals surface area (Å²) in [6.45, 7) is 4.85. The predicted octanol–water partition coefficient (Wildman–Crippen LogP) is -0.265. The molecule has 5 nitrogen and oxygen atoms in total. The summed E-state index contributed by atoms with van der Waals surface area (Å²) in [4.78, 5) is 13.2. The van der Waals surface area contributed by atoms with E-state index < -0.39 is 5.97 Å². The standard InChI is InChI=1S/C12H23N3O2/c1-15-4-2-10(3-5-15)7-14-12(6-11(16)17)8-13-9-12/h10,13-14H,2-9H2,1H3,(H,16,17). The highest BCUT2D eigenvalue weighted by atomic mass is 16.4. The smallest absolute Gasteiger partial charge is 0.305 e. The van der Waals surface area contributed by atoms with Crippen LogP contribution in [0.3, 0.4) is 0 Å². The van der Waals surface area contributed by atoms with Gasteiger partial charge >= 0.3 is 5.97 Å². The van der Waals surface area contributed by atoms with Gasteiger partial charge in [-0.1, -0.05) is 0 Å². The maximum atomic E-state index is 10.8. The van der Waals surface area contributed by atoms with Crippen LogP contribution in [0.4, 0.5) is 0 Å². The fourth-order valence-electron chi connectivity index (χ4n) is 2.66. The summed E-state index contributed by atoms with van der Waals surface area (Å²) in [5.74, 6) is -0.000141. The van der Waals surface area contributed by atoms with Crippen molar-refractivity contribution in [2.75, 3.05) is 39.8 Å². The van der Waals surface area contributed by atoms with Gasteiger partial charge < -0.3 is 20.6 Å². The minimum atomic E-state index is -0.706. The average Bonchev–Trinajstić information content (AvgIpc) is 2.23. The zero-order chi connectivity index (χ0) is 12.3. The number of piperidine rings is 1. The molecule has 2 saturated heterocycles. The normalized spacial score (nSPS) is 25.5. The van der Waals surface area contributed by atoms with Gasteiger partial charge in [0, 0.05) is 13.1 Å². The molecule has 0 aliphatic carbocycles. The quantitative estimate of drug-likeness (QED) is 0.619. The van der Waals surface area contributed by atoms with Gasteiger partial charge in [0.25, 0.3) is 0 Å². The van der Waals surface area contributed by atoms with Crippen molar-refractivity contribution in [2.45, 2.75) is 24.8 Å². The lowest BCUT2D eigenvalue weighted by atomic mass is 9.87. The summed E-state index contributed by atoms with van der Waals surface area (Å²) in [5.41, 5.74) is -0.185. The Morgan fingerprint density at radius 3 is 2.59 bits per heavy atom. The van der Waals surface area contributed by atoms with E-state index in [-0.39, 0.29) is 12.0 Å². The molecule has 0 aromatic rings. The molecule has 3 N–H and O–H groups in total. The van der Waals surface area contributed by atoms with Crippen molar-refractivity contribution in [3.63, 3.8) is 0 Å². The molecule has 5 heteroatoms. The summed E-state index contributed by atoms with van der Waals surface area (Å²) >= 11 is 0. The lowest BCUT2D eigenvalue weighted by molar-refractivity contribution is -0.139. The largest absolute Gasteiger partial charge is 0.481 e. The summed E-state index contributed by atoms with van der Waals surface area (Å²) in [6, 6.07) is 0. The second-order valence-corrected chi connectivity index (χ2v) is 5.58. The molecule has 2 rings (SSSR count). The van der Waals surface area contributed by atoms with E-state index in [1.807, 2.05) is 0 Å². The lowest BCUT2D eigenvalue weighted by Crippen LogP contribution is -2.69. The van der Waals surface area contributed by atoms with Gasteiger partial charge in [-0.25, -0.2) is 0 Å². The van der Waals surface area contributed by atoms with Gasteiger partial charge in [0.15, 0.2) is 0 Å². The van der Waals surface area contributed by atoms with Crippen molar-refractivity contribution in [3.05, 3.63) is 0 Å². The molecule has 0 atom stereocenters. The van der Waals surface area contributed by atoms with Gasteiger partial charge in [-0.2, -0.15) is 0 Å². The van der Waals surface area contributed by atoms with E-state index in [4.69, 9.17) is 5.11 Å². The first kappa shape index (κ1) is 12.8. The third kappa shape index (κ3) is 3.40. The van der Waals surface area contributed by atoms with Gasteiger partial charge in [0.1, 0.15) is 0 Å². The third-order valence-electron chi connectivity index (χ3n) is 4.02. The van der Waals surface area contributed by atoms with E-state index in [0.29, 0.717) is 5.92 Å². The molecule has 98 valence electrons. The molecule has 17 heavy (non-hydrogen) atoms. The van der Waals surface area contributed by atoms with Crippen LogP contribution in [0.15, 0.2) is 0 Å². The molecule has 0 aromatic heterocycles. The van der Waals surface area contributed by atoms with Crippen LogP contribution in [0.2, 0.25) is 0 Å². The number of carbonyl (C=O) groups is 1. The van der Waals surface area contributed by atoms with Crippen LogP contribution in [0.25, 0.3) is 0 Å². The van der Waals surface area contributed by atoms with Gasteiger partial charge in [-0.05, 0) is 45.4 Å². The van der Waals surface area contributed by atoms with Crippen molar-refractivity contribution in [1.29, 1.82) is 0 Å². The SMILES string of the molecule is CN1CCC(CNC2(CC(=O)O)CNC2)CC1. The van der Waals surface area contributed by atoms with E-state index in [2.05, 4.69) is 22.6 Å². The number of hydrogen-bond donors (Lipinski definition) is 3. The molecule has 2 fully saturated rings. The number of aliphatic carboxylic acids is 1. The Hall–Kier alpha value is -0.650. The highest BCUT2D eigenvalue weighted by Crippen LogP contribution is 2.20. The zero-order valence-electron chi connectivity index (χ0n) is 10.5. The minimum Gasteiger partial charge on any atom is -0.481 e. The van der Waals surface area contributed by atoms with Crippen LogP contribution >= 0.6 is 0 Å². The van der Waals surface area contributed by atoms with Gasteiger partial charge in [0.05, 0.1) is 12.0 Å². The number of hydrogen-bond acceptors (Lipinski definition) is 4. The molecule has 2 aliphatic rings. The maximum Gasteiger partial charge on any atom is 0.305 e. The number of carboxylic acid groups (broad SMARTS) is 1. The van der Waals surface area contributed by atoms with Crippen molar-refractivity contribution in [3.8, 4) is 0 Å². The minimum absolute atomic E-state index is 0.185. The van der Waals surface area contributed by atoms with E-state index in [9.17, 15) is 4.79 Å². The Morgan fingerprint density at radius 2 is 2.12 bits per heavy atom. The van der Waals surface area contributed by atoms with Crippen molar-refractivity contribution in [2.24, 2.45) is 5.92 Å². The van der Waals surface area contributed by atoms with Crippen molar-refractivity contribution < 1.29 is 9.90 Å². The van der Waals surface area contributed by atoms with Gasteiger partial charge in [-0.15, -0.1) is 0 Å².